The Hall–Kier alpha value is -3.18. The first kappa shape index (κ1) is 21.1. The standard InChI is InChI=1S/C20H20N2O5S/c1-20(2,3)15-6-8-16(9-7-15)27-19-10-5-14(12-18(19)22(23)24)11-17(13-21)28(4,25)26/h5-12H,1-4H3/b17-11+. The number of hydrogen-bond acceptors (Lipinski definition) is 6. The van der Waals surface area contributed by atoms with Crippen LogP contribution in [0.3, 0.4) is 0 Å². The van der Waals surface area contributed by atoms with Gasteiger partial charge in [-0.25, -0.2) is 8.42 Å². The molecule has 7 nitrogen and oxygen atoms in total. The first-order valence-electron chi connectivity index (χ1n) is 8.30. The van der Waals surface area contributed by atoms with Crippen molar-refractivity contribution in [3.8, 4) is 17.6 Å². The Morgan fingerprint density at radius 3 is 2.25 bits per heavy atom. The van der Waals surface area contributed by atoms with Crippen LogP contribution in [0.1, 0.15) is 31.9 Å². The molecule has 0 radical (unpaired) electrons. The molecule has 146 valence electrons. The molecule has 0 aliphatic carbocycles. The quantitative estimate of drug-likeness (QED) is 0.412. The highest BCUT2D eigenvalue weighted by molar-refractivity contribution is 7.95. The van der Waals surface area contributed by atoms with Crippen molar-refractivity contribution in [2.24, 2.45) is 0 Å². The zero-order valence-electron chi connectivity index (χ0n) is 16.0. The third-order valence-electron chi connectivity index (χ3n) is 3.94. The minimum Gasteiger partial charge on any atom is -0.450 e. The smallest absolute Gasteiger partial charge is 0.312 e. The van der Waals surface area contributed by atoms with E-state index in [0.29, 0.717) is 5.75 Å². The maximum atomic E-state index is 11.5. The normalized spacial score (nSPS) is 12.3. The summed E-state index contributed by atoms with van der Waals surface area (Å²) in [6.07, 6.45) is 1.99. The van der Waals surface area contributed by atoms with E-state index in [4.69, 9.17) is 10.00 Å². The SMILES string of the molecule is CC(C)(C)c1ccc(Oc2ccc(/C=C(\C#N)S(C)(=O)=O)cc2[N+](=O)[O-])cc1. The fraction of sp³-hybridized carbons (Fsp3) is 0.250. The largest absolute Gasteiger partial charge is 0.450 e. The Bertz CT molecular complexity index is 1070. The van der Waals surface area contributed by atoms with Crippen LogP contribution in [0.25, 0.3) is 6.08 Å². The first-order chi connectivity index (χ1) is 12.9. The molecule has 0 spiro atoms. The number of hydrogen-bond donors (Lipinski definition) is 0. The molecule has 0 atom stereocenters. The molecule has 0 fully saturated rings. The van der Waals surface area contributed by atoms with Gasteiger partial charge in [0.05, 0.1) is 4.92 Å². The van der Waals surface area contributed by atoms with E-state index in [1.54, 1.807) is 18.2 Å². The molecule has 0 saturated heterocycles. The van der Waals surface area contributed by atoms with Crippen molar-refractivity contribution in [3.63, 3.8) is 0 Å². The van der Waals surface area contributed by atoms with Crippen molar-refractivity contribution >= 4 is 21.6 Å². The van der Waals surface area contributed by atoms with Gasteiger partial charge in [0, 0.05) is 12.3 Å². The molecule has 0 aromatic heterocycles. The van der Waals surface area contributed by atoms with Gasteiger partial charge >= 0.3 is 5.69 Å². The third kappa shape index (κ3) is 5.18. The number of nitrogens with zero attached hydrogens (tertiary/aromatic N) is 2. The molecule has 0 saturated carbocycles. The number of allylic oxidation sites excluding steroid dienone is 1. The maximum absolute atomic E-state index is 11.5. The van der Waals surface area contributed by atoms with Crippen LogP contribution in [0, 0.1) is 21.4 Å². The van der Waals surface area contributed by atoms with Crippen LogP contribution in [0.5, 0.6) is 11.5 Å². The van der Waals surface area contributed by atoms with Crippen molar-refractivity contribution in [3.05, 3.63) is 68.6 Å². The van der Waals surface area contributed by atoms with Crippen molar-refractivity contribution in [2.75, 3.05) is 6.26 Å². The van der Waals surface area contributed by atoms with E-state index in [1.165, 1.54) is 18.2 Å². The molecule has 2 aromatic rings. The van der Waals surface area contributed by atoms with Crippen molar-refractivity contribution in [1.82, 2.24) is 0 Å². The number of ether oxygens (including phenoxy) is 1. The number of sulfone groups is 1. The summed E-state index contributed by atoms with van der Waals surface area (Å²) in [7, 11) is -3.72. The molecular weight excluding hydrogens is 380 g/mol. The molecule has 2 aromatic carbocycles. The molecule has 0 unspecified atom stereocenters. The summed E-state index contributed by atoms with van der Waals surface area (Å²) in [6.45, 7) is 6.23. The summed E-state index contributed by atoms with van der Waals surface area (Å²) in [6, 6.07) is 12.8. The van der Waals surface area contributed by atoms with E-state index in [2.05, 4.69) is 20.8 Å². The van der Waals surface area contributed by atoms with Gasteiger partial charge in [-0.2, -0.15) is 5.26 Å². The number of nitro groups is 1. The summed E-state index contributed by atoms with van der Waals surface area (Å²) in [5.41, 5.74) is 0.944. The minimum absolute atomic E-state index is 0.0171. The highest BCUT2D eigenvalue weighted by Crippen LogP contribution is 2.34. The number of nitro benzene ring substituents is 1. The molecule has 0 heterocycles. The fourth-order valence-electron chi connectivity index (χ4n) is 2.38. The van der Waals surface area contributed by atoms with Gasteiger partial charge in [0.25, 0.3) is 0 Å². The predicted octanol–water partition coefficient (Wildman–Crippen LogP) is 4.59. The van der Waals surface area contributed by atoms with Crippen molar-refractivity contribution in [1.29, 1.82) is 5.26 Å². The molecule has 0 aliphatic rings. The van der Waals surface area contributed by atoms with Gasteiger partial charge < -0.3 is 4.74 Å². The van der Waals surface area contributed by atoms with Gasteiger partial charge in [0.2, 0.25) is 5.75 Å². The Kier molecular flexibility index (Phi) is 5.90. The van der Waals surface area contributed by atoms with Crippen LogP contribution in [0.4, 0.5) is 5.69 Å². The van der Waals surface area contributed by atoms with Crippen LogP contribution in [0.15, 0.2) is 47.4 Å². The molecule has 8 heteroatoms. The predicted molar refractivity (Wildman–Crippen MR) is 107 cm³/mol. The van der Waals surface area contributed by atoms with Crippen LogP contribution in [-0.4, -0.2) is 19.6 Å². The summed E-state index contributed by atoms with van der Waals surface area (Å²) >= 11 is 0. The Morgan fingerprint density at radius 2 is 1.79 bits per heavy atom. The monoisotopic (exact) mass is 400 g/mol. The first-order valence-corrected chi connectivity index (χ1v) is 10.2. The second-order valence-corrected chi connectivity index (χ2v) is 9.24. The summed E-state index contributed by atoms with van der Waals surface area (Å²) in [5.74, 6) is 0.455. The van der Waals surface area contributed by atoms with Crippen molar-refractivity contribution < 1.29 is 18.1 Å². The van der Waals surface area contributed by atoms with E-state index in [0.717, 1.165) is 17.9 Å². The molecule has 0 N–H and O–H groups in total. The lowest BCUT2D eigenvalue weighted by atomic mass is 9.87. The summed E-state index contributed by atoms with van der Waals surface area (Å²) < 4.78 is 28.7. The highest BCUT2D eigenvalue weighted by atomic mass is 32.2. The van der Waals surface area contributed by atoms with Gasteiger partial charge in [-0.1, -0.05) is 39.0 Å². The molecule has 0 amide bonds. The number of nitriles is 1. The van der Waals surface area contributed by atoms with E-state index >= 15 is 0 Å². The van der Waals surface area contributed by atoms with Gasteiger partial charge in [-0.3, -0.25) is 10.1 Å². The van der Waals surface area contributed by atoms with Crippen LogP contribution in [0.2, 0.25) is 0 Å². The summed E-state index contributed by atoms with van der Waals surface area (Å²) in [4.78, 5) is 10.3. The zero-order chi connectivity index (χ0) is 21.1. The van der Waals surface area contributed by atoms with Gasteiger partial charge in [0.1, 0.15) is 16.7 Å². The average Bonchev–Trinajstić information content (AvgIpc) is 2.59. The topological polar surface area (TPSA) is 110 Å². The molecule has 2 rings (SSSR count). The van der Waals surface area contributed by atoms with E-state index < -0.39 is 19.7 Å². The van der Waals surface area contributed by atoms with E-state index in [1.807, 2.05) is 12.1 Å². The van der Waals surface area contributed by atoms with Gasteiger partial charge in [0.15, 0.2) is 9.84 Å². The van der Waals surface area contributed by atoms with Crippen LogP contribution < -0.4 is 4.74 Å². The molecule has 0 bridgehead atoms. The highest BCUT2D eigenvalue weighted by Gasteiger charge is 2.19. The second kappa shape index (κ2) is 7.82. The molecule has 28 heavy (non-hydrogen) atoms. The average molecular weight is 400 g/mol. The maximum Gasteiger partial charge on any atom is 0.312 e. The Balaban J connectivity index is 2.40. The summed E-state index contributed by atoms with van der Waals surface area (Å²) in [5, 5.41) is 20.4. The number of benzene rings is 2. The lowest BCUT2D eigenvalue weighted by molar-refractivity contribution is -0.385. The second-order valence-electron chi connectivity index (χ2n) is 7.25. The van der Waals surface area contributed by atoms with Crippen LogP contribution >= 0.6 is 0 Å². The van der Waals surface area contributed by atoms with Crippen LogP contribution in [-0.2, 0) is 15.3 Å². The van der Waals surface area contributed by atoms with E-state index in [9.17, 15) is 18.5 Å². The Labute approximate surface area is 164 Å². The Morgan fingerprint density at radius 1 is 1.18 bits per heavy atom. The zero-order valence-corrected chi connectivity index (χ0v) is 16.8. The third-order valence-corrected chi connectivity index (χ3v) is 4.94. The fourth-order valence-corrected chi connectivity index (χ4v) is 2.89. The lowest BCUT2D eigenvalue weighted by Crippen LogP contribution is -2.10. The van der Waals surface area contributed by atoms with Gasteiger partial charge in [-0.05, 0) is 40.8 Å². The number of rotatable bonds is 5. The molecular formula is C20H20N2O5S. The van der Waals surface area contributed by atoms with Crippen molar-refractivity contribution in [2.45, 2.75) is 26.2 Å². The minimum atomic E-state index is -3.72. The van der Waals surface area contributed by atoms with E-state index in [-0.39, 0.29) is 22.4 Å². The van der Waals surface area contributed by atoms with Gasteiger partial charge in [-0.15, -0.1) is 0 Å². The molecule has 0 aliphatic heterocycles. The lowest BCUT2D eigenvalue weighted by Gasteiger charge is -2.19.